The number of hydrogen-bond acceptors (Lipinski definition) is 6. The van der Waals surface area contributed by atoms with Gasteiger partial charge in [0.1, 0.15) is 11.6 Å². The summed E-state index contributed by atoms with van der Waals surface area (Å²) >= 11 is 0. The molecule has 3 N–H and O–H groups in total. The fourth-order valence-electron chi connectivity index (χ4n) is 2.51. The molecule has 25 heavy (non-hydrogen) atoms. The van der Waals surface area contributed by atoms with Crippen molar-refractivity contribution in [1.82, 2.24) is 15.2 Å². The van der Waals surface area contributed by atoms with Gasteiger partial charge in [0.25, 0.3) is 0 Å². The zero-order chi connectivity index (χ0) is 17.8. The average molecular weight is 340 g/mol. The number of hydrogen-bond donors (Lipinski definition) is 2. The molecule has 0 aliphatic heterocycles. The highest BCUT2D eigenvalue weighted by atomic mass is 16.5. The number of nitrogens with one attached hydrogen (secondary N) is 1. The number of nitrogens with zero attached hydrogens (tertiary/aromatic N) is 2. The number of rotatable bonds is 6. The summed E-state index contributed by atoms with van der Waals surface area (Å²) in [6.45, 7) is 0. The molecule has 3 aromatic rings. The Labute approximate surface area is 145 Å². The first-order chi connectivity index (χ1) is 12.2. The number of ether oxygens (including phenoxy) is 3. The minimum atomic E-state index is -0.466. The van der Waals surface area contributed by atoms with E-state index in [0.29, 0.717) is 23.1 Å². The molecular formula is C18H20N4O3. The molecule has 0 bridgehead atoms. The topological polar surface area (TPSA) is 95.3 Å². The smallest absolute Gasteiger partial charge is 0.181 e. The van der Waals surface area contributed by atoms with Crippen molar-refractivity contribution in [2.45, 2.75) is 6.04 Å². The van der Waals surface area contributed by atoms with Crippen molar-refractivity contribution >= 4 is 0 Å². The molecule has 0 unspecified atom stereocenters. The van der Waals surface area contributed by atoms with Gasteiger partial charge in [-0.15, -0.1) is 0 Å². The molecule has 0 radical (unpaired) electrons. The van der Waals surface area contributed by atoms with Crippen LogP contribution in [-0.4, -0.2) is 36.5 Å². The summed E-state index contributed by atoms with van der Waals surface area (Å²) in [5, 5.41) is 7.16. The molecule has 7 nitrogen and oxygen atoms in total. The highest BCUT2D eigenvalue weighted by Gasteiger charge is 2.17. The Morgan fingerprint density at radius 1 is 0.960 bits per heavy atom. The van der Waals surface area contributed by atoms with Crippen molar-refractivity contribution in [2.75, 3.05) is 21.3 Å². The van der Waals surface area contributed by atoms with Gasteiger partial charge in [-0.2, -0.15) is 5.10 Å². The van der Waals surface area contributed by atoms with E-state index in [1.54, 1.807) is 21.3 Å². The van der Waals surface area contributed by atoms with E-state index in [9.17, 15) is 0 Å². The van der Waals surface area contributed by atoms with E-state index >= 15 is 0 Å². The molecule has 3 rings (SSSR count). The molecule has 0 amide bonds. The molecule has 0 spiro atoms. The lowest BCUT2D eigenvalue weighted by Gasteiger charge is -2.13. The summed E-state index contributed by atoms with van der Waals surface area (Å²) in [7, 11) is 4.80. The molecule has 0 fully saturated rings. The maximum absolute atomic E-state index is 6.32. The minimum absolute atomic E-state index is 0.466. The van der Waals surface area contributed by atoms with Gasteiger partial charge >= 0.3 is 0 Å². The second-order valence-corrected chi connectivity index (χ2v) is 5.37. The van der Waals surface area contributed by atoms with E-state index < -0.39 is 6.04 Å². The number of aromatic amines is 1. The van der Waals surface area contributed by atoms with Gasteiger partial charge in [0.2, 0.25) is 0 Å². The van der Waals surface area contributed by atoms with Crippen LogP contribution < -0.4 is 19.9 Å². The van der Waals surface area contributed by atoms with Gasteiger partial charge < -0.3 is 19.9 Å². The fourth-order valence-corrected chi connectivity index (χ4v) is 2.51. The zero-order valence-corrected chi connectivity index (χ0v) is 14.3. The van der Waals surface area contributed by atoms with E-state index in [4.69, 9.17) is 19.9 Å². The lowest BCUT2D eigenvalue weighted by Crippen LogP contribution is -2.14. The predicted octanol–water partition coefficient (Wildman–Crippen LogP) is 2.55. The standard InChI is InChI=1S/C18H20N4O3/c1-23-13-6-4-5-12(9-13)17-20-18(22-21-17)16(19)11-7-8-14(24-2)15(10-11)25-3/h4-10,16H,19H2,1-3H3,(H,20,21,22)/t16-/m1/s1. The van der Waals surface area contributed by atoms with Crippen molar-refractivity contribution in [3.05, 3.63) is 53.9 Å². The van der Waals surface area contributed by atoms with Gasteiger partial charge in [-0.1, -0.05) is 18.2 Å². The van der Waals surface area contributed by atoms with Crippen LogP contribution in [0.4, 0.5) is 0 Å². The van der Waals surface area contributed by atoms with Crippen LogP contribution in [-0.2, 0) is 0 Å². The zero-order valence-electron chi connectivity index (χ0n) is 14.3. The van der Waals surface area contributed by atoms with Gasteiger partial charge in [0.15, 0.2) is 17.3 Å². The van der Waals surface area contributed by atoms with Gasteiger partial charge in [-0.05, 0) is 29.8 Å². The monoisotopic (exact) mass is 340 g/mol. The SMILES string of the molecule is COc1cccc(-c2n[nH]c([C@H](N)c3ccc(OC)c(OC)c3)n2)c1. The van der Waals surface area contributed by atoms with Crippen LogP contribution in [0.3, 0.4) is 0 Å². The lowest BCUT2D eigenvalue weighted by atomic mass is 10.1. The number of methoxy groups -OCH3 is 3. The van der Waals surface area contributed by atoms with Crippen LogP contribution in [0.15, 0.2) is 42.5 Å². The second-order valence-electron chi connectivity index (χ2n) is 5.37. The van der Waals surface area contributed by atoms with Gasteiger partial charge in [-0.3, -0.25) is 5.10 Å². The summed E-state index contributed by atoms with van der Waals surface area (Å²) in [6, 6.07) is 12.6. The quantitative estimate of drug-likeness (QED) is 0.716. The first-order valence-corrected chi connectivity index (χ1v) is 7.70. The molecule has 0 aliphatic carbocycles. The Bertz CT molecular complexity index is 863. The Kier molecular flexibility index (Phi) is 4.85. The lowest BCUT2D eigenvalue weighted by molar-refractivity contribution is 0.354. The Hall–Kier alpha value is -3.06. The molecule has 1 aromatic heterocycles. The third-order valence-electron chi connectivity index (χ3n) is 3.89. The minimum Gasteiger partial charge on any atom is -0.497 e. The predicted molar refractivity (Wildman–Crippen MR) is 93.9 cm³/mol. The molecule has 7 heteroatoms. The van der Waals surface area contributed by atoms with E-state index in [0.717, 1.165) is 16.9 Å². The molecule has 130 valence electrons. The second kappa shape index (κ2) is 7.23. The van der Waals surface area contributed by atoms with Crippen LogP contribution in [0, 0.1) is 0 Å². The number of benzene rings is 2. The van der Waals surface area contributed by atoms with Gasteiger partial charge in [0.05, 0.1) is 27.4 Å². The van der Waals surface area contributed by atoms with Gasteiger partial charge in [-0.25, -0.2) is 4.98 Å². The maximum atomic E-state index is 6.32. The first kappa shape index (κ1) is 16.8. The van der Waals surface area contributed by atoms with Crippen LogP contribution in [0.1, 0.15) is 17.4 Å². The van der Waals surface area contributed by atoms with Crippen LogP contribution in [0.25, 0.3) is 11.4 Å². The van der Waals surface area contributed by atoms with Gasteiger partial charge in [0, 0.05) is 5.56 Å². The first-order valence-electron chi connectivity index (χ1n) is 7.70. The van der Waals surface area contributed by atoms with Crippen molar-refractivity contribution < 1.29 is 14.2 Å². The van der Waals surface area contributed by atoms with Crippen LogP contribution in [0.2, 0.25) is 0 Å². The Morgan fingerprint density at radius 2 is 1.76 bits per heavy atom. The van der Waals surface area contributed by atoms with Crippen LogP contribution >= 0.6 is 0 Å². The van der Waals surface area contributed by atoms with Crippen molar-refractivity contribution in [3.63, 3.8) is 0 Å². The fraction of sp³-hybridized carbons (Fsp3) is 0.222. The van der Waals surface area contributed by atoms with Crippen molar-refractivity contribution in [2.24, 2.45) is 5.73 Å². The average Bonchev–Trinajstić information content (AvgIpc) is 3.17. The van der Waals surface area contributed by atoms with E-state index in [2.05, 4.69) is 15.2 Å². The number of nitrogens with two attached hydrogens (primary N) is 1. The molecule has 0 saturated carbocycles. The molecular weight excluding hydrogens is 320 g/mol. The highest BCUT2D eigenvalue weighted by molar-refractivity contribution is 5.57. The summed E-state index contributed by atoms with van der Waals surface area (Å²) in [6.07, 6.45) is 0. The van der Waals surface area contributed by atoms with E-state index in [-0.39, 0.29) is 0 Å². The van der Waals surface area contributed by atoms with Crippen LogP contribution in [0.5, 0.6) is 17.2 Å². The third-order valence-corrected chi connectivity index (χ3v) is 3.89. The van der Waals surface area contributed by atoms with E-state index in [1.165, 1.54) is 0 Å². The Balaban J connectivity index is 1.88. The molecule has 0 aliphatic rings. The maximum Gasteiger partial charge on any atom is 0.181 e. The molecule has 0 saturated heterocycles. The third kappa shape index (κ3) is 3.41. The van der Waals surface area contributed by atoms with Crippen molar-refractivity contribution in [1.29, 1.82) is 0 Å². The number of H-pyrrole nitrogens is 1. The summed E-state index contributed by atoms with van der Waals surface area (Å²) < 4.78 is 15.8. The summed E-state index contributed by atoms with van der Waals surface area (Å²) in [4.78, 5) is 4.51. The molecule has 2 aromatic carbocycles. The normalized spacial score (nSPS) is 11.8. The summed E-state index contributed by atoms with van der Waals surface area (Å²) in [5.41, 5.74) is 8.01. The Morgan fingerprint density at radius 3 is 2.48 bits per heavy atom. The van der Waals surface area contributed by atoms with E-state index in [1.807, 2.05) is 42.5 Å². The number of aromatic nitrogens is 3. The summed E-state index contributed by atoms with van der Waals surface area (Å²) in [5.74, 6) is 3.12. The van der Waals surface area contributed by atoms with Crippen molar-refractivity contribution in [3.8, 4) is 28.6 Å². The molecule has 1 heterocycles. The largest absolute Gasteiger partial charge is 0.497 e. The highest BCUT2D eigenvalue weighted by Crippen LogP contribution is 2.31. The molecule has 1 atom stereocenters.